The standard InChI is InChI=1S/C14H15NO5/c16-8-3-1-2-7(6-8)15-13(17)11-9-4-5-10(20-9)12(11)14(18)19/h1-3,6,9-12,16H,4-5H2,(H,15,17)(H,18,19). The number of carbonyl (C=O) groups is 2. The Hall–Kier alpha value is -2.08. The summed E-state index contributed by atoms with van der Waals surface area (Å²) in [4.78, 5) is 23.6. The average Bonchev–Trinajstić information content (AvgIpc) is 2.98. The number of amides is 1. The van der Waals surface area contributed by atoms with Gasteiger partial charge in [0, 0.05) is 11.8 Å². The van der Waals surface area contributed by atoms with E-state index < -0.39 is 17.8 Å². The van der Waals surface area contributed by atoms with Crippen molar-refractivity contribution in [2.75, 3.05) is 5.32 Å². The van der Waals surface area contributed by atoms with E-state index in [4.69, 9.17) is 4.74 Å². The van der Waals surface area contributed by atoms with Gasteiger partial charge in [-0.05, 0) is 25.0 Å². The Bertz CT molecular complexity index is 558. The number of carboxylic acids is 1. The summed E-state index contributed by atoms with van der Waals surface area (Å²) < 4.78 is 5.55. The van der Waals surface area contributed by atoms with Crippen molar-refractivity contribution in [1.82, 2.24) is 0 Å². The Labute approximate surface area is 115 Å². The molecule has 0 radical (unpaired) electrons. The molecule has 2 aliphatic rings. The fourth-order valence-electron chi connectivity index (χ4n) is 3.13. The topological polar surface area (TPSA) is 95.9 Å². The summed E-state index contributed by atoms with van der Waals surface area (Å²) in [6.07, 6.45) is 0.722. The lowest BCUT2D eigenvalue weighted by Crippen LogP contribution is -2.40. The third-order valence-corrected chi connectivity index (χ3v) is 3.97. The molecule has 2 bridgehead atoms. The largest absolute Gasteiger partial charge is 0.508 e. The third kappa shape index (κ3) is 2.12. The lowest BCUT2D eigenvalue weighted by molar-refractivity contribution is -0.147. The SMILES string of the molecule is O=C(O)C1C2CCC(O2)C1C(=O)Nc1cccc(O)c1. The zero-order valence-electron chi connectivity index (χ0n) is 10.7. The number of carbonyl (C=O) groups excluding carboxylic acids is 1. The van der Waals surface area contributed by atoms with Crippen LogP contribution in [0.4, 0.5) is 5.69 Å². The maximum atomic E-state index is 12.3. The molecule has 106 valence electrons. The van der Waals surface area contributed by atoms with E-state index in [1.54, 1.807) is 12.1 Å². The first-order chi connectivity index (χ1) is 9.56. The van der Waals surface area contributed by atoms with Crippen LogP contribution < -0.4 is 5.32 Å². The van der Waals surface area contributed by atoms with E-state index in [1.807, 2.05) is 0 Å². The molecule has 6 heteroatoms. The Balaban J connectivity index is 1.78. The van der Waals surface area contributed by atoms with E-state index in [9.17, 15) is 19.8 Å². The van der Waals surface area contributed by atoms with Crippen molar-refractivity contribution in [3.8, 4) is 5.75 Å². The molecule has 4 unspecified atom stereocenters. The van der Waals surface area contributed by atoms with Gasteiger partial charge in [-0.25, -0.2) is 0 Å². The molecule has 2 saturated heterocycles. The Morgan fingerprint density at radius 1 is 1.20 bits per heavy atom. The molecule has 2 fully saturated rings. The first-order valence-corrected chi connectivity index (χ1v) is 6.54. The lowest BCUT2D eigenvalue weighted by Gasteiger charge is -2.23. The molecule has 1 amide bonds. The van der Waals surface area contributed by atoms with Crippen LogP contribution in [0, 0.1) is 11.8 Å². The minimum absolute atomic E-state index is 0.0433. The number of nitrogens with one attached hydrogen (secondary N) is 1. The lowest BCUT2D eigenvalue weighted by atomic mass is 9.78. The fraction of sp³-hybridized carbons (Fsp3) is 0.429. The first-order valence-electron chi connectivity index (χ1n) is 6.54. The summed E-state index contributed by atoms with van der Waals surface area (Å²) in [6, 6.07) is 6.16. The molecule has 1 aromatic carbocycles. The molecule has 6 nitrogen and oxygen atoms in total. The molecule has 3 rings (SSSR count). The number of ether oxygens (including phenoxy) is 1. The van der Waals surface area contributed by atoms with Crippen LogP contribution in [0.3, 0.4) is 0 Å². The van der Waals surface area contributed by atoms with Gasteiger partial charge in [-0.3, -0.25) is 9.59 Å². The maximum absolute atomic E-state index is 12.3. The summed E-state index contributed by atoms with van der Waals surface area (Å²) >= 11 is 0. The van der Waals surface area contributed by atoms with Gasteiger partial charge in [-0.15, -0.1) is 0 Å². The van der Waals surface area contributed by atoms with Crippen molar-refractivity contribution >= 4 is 17.6 Å². The monoisotopic (exact) mass is 277 g/mol. The minimum Gasteiger partial charge on any atom is -0.508 e. The van der Waals surface area contributed by atoms with E-state index in [0.717, 1.165) is 0 Å². The van der Waals surface area contributed by atoms with Crippen molar-refractivity contribution < 1.29 is 24.5 Å². The van der Waals surface area contributed by atoms with Gasteiger partial charge < -0.3 is 20.3 Å². The summed E-state index contributed by atoms with van der Waals surface area (Å²) in [5.74, 6) is -2.77. The van der Waals surface area contributed by atoms with Crippen LogP contribution in [-0.2, 0) is 14.3 Å². The highest BCUT2D eigenvalue weighted by molar-refractivity contribution is 5.96. The minimum atomic E-state index is -0.992. The van der Waals surface area contributed by atoms with E-state index in [2.05, 4.69) is 5.32 Å². The van der Waals surface area contributed by atoms with Crippen molar-refractivity contribution in [3.05, 3.63) is 24.3 Å². The van der Waals surface area contributed by atoms with Crippen LogP contribution >= 0.6 is 0 Å². The van der Waals surface area contributed by atoms with E-state index in [-0.39, 0.29) is 23.9 Å². The molecule has 4 atom stereocenters. The summed E-state index contributed by atoms with van der Waals surface area (Å²) in [5.41, 5.74) is 0.446. The zero-order valence-corrected chi connectivity index (χ0v) is 10.7. The van der Waals surface area contributed by atoms with Gasteiger partial charge in [-0.1, -0.05) is 6.07 Å². The normalized spacial score (nSPS) is 31.2. The van der Waals surface area contributed by atoms with Crippen LogP contribution in [0.2, 0.25) is 0 Å². The number of hydrogen-bond acceptors (Lipinski definition) is 4. The van der Waals surface area contributed by atoms with E-state index in [1.165, 1.54) is 12.1 Å². The fourth-order valence-corrected chi connectivity index (χ4v) is 3.13. The molecule has 0 spiro atoms. The number of aromatic hydroxyl groups is 1. The predicted octanol–water partition coefficient (Wildman–Crippen LogP) is 1.21. The number of carboxylic acid groups (broad SMARTS) is 1. The molecule has 2 aliphatic heterocycles. The van der Waals surface area contributed by atoms with Gasteiger partial charge in [0.1, 0.15) is 5.75 Å². The predicted molar refractivity (Wildman–Crippen MR) is 69.2 cm³/mol. The van der Waals surface area contributed by atoms with Gasteiger partial charge in [0.05, 0.1) is 24.0 Å². The van der Waals surface area contributed by atoms with Gasteiger partial charge in [-0.2, -0.15) is 0 Å². The number of fused-ring (bicyclic) bond motifs is 2. The summed E-state index contributed by atoms with van der Waals surface area (Å²) in [5, 5.41) is 21.3. The number of phenolic OH excluding ortho intramolecular Hbond substituents is 1. The van der Waals surface area contributed by atoms with Crippen LogP contribution in [0.15, 0.2) is 24.3 Å². The van der Waals surface area contributed by atoms with Crippen molar-refractivity contribution in [1.29, 1.82) is 0 Å². The quantitative estimate of drug-likeness (QED) is 0.771. The van der Waals surface area contributed by atoms with Crippen LogP contribution in [-0.4, -0.2) is 34.3 Å². The zero-order chi connectivity index (χ0) is 14.3. The van der Waals surface area contributed by atoms with Crippen molar-refractivity contribution in [2.45, 2.75) is 25.0 Å². The maximum Gasteiger partial charge on any atom is 0.310 e. The van der Waals surface area contributed by atoms with Crippen molar-refractivity contribution in [2.24, 2.45) is 11.8 Å². The number of anilines is 1. The van der Waals surface area contributed by atoms with Gasteiger partial charge >= 0.3 is 5.97 Å². The Morgan fingerprint density at radius 2 is 1.90 bits per heavy atom. The number of rotatable bonds is 3. The van der Waals surface area contributed by atoms with E-state index in [0.29, 0.717) is 18.5 Å². The van der Waals surface area contributed by atoms with Gasteiger partial charge in [0.2, 0.25) is 5.91 Å². The van der Waals surface area contributed by atoms with Crippen molar-refractivity contribution in [3.63, 3.8) is 0 Å². The highest BCUT2D eigenvalue weighted by atomic mass is 16.5. The van der Waals surface area contributed by atoms with Crippen LogP contribution in [0.5, 0.6) is 5.75 Å². The average molecular weight is 277 g/mol. The summed E-state index contributed by atoms with van der Waals surface area (Å²) in [7, 11) is 0. The second kappa shape index (κ2) is 4.79. The number of hydrogen-bond donors (Lipinski definition) is 3. The number of phenols is 1. The Kier molecular flexibility index (Phi) is 3.10. The molecular formula is C14H15NO5. The van der Waals surface area contributed by atoms with Crippen LogP contribution in [0.1, 0.15) is 12.8 Å². The summed E-state index contributed by atoms with van der Waals surface area (Å²) in [6.45, 7) is 0. The molecule has 0 saturated carbocycles. The van der Waals surface area contributed by atoms with Crippen LogP contribution in [0.25, 0.3) is 0 Å². The van der Waals surface area contributed by atoms with E-state index >= 15 is 0 Å². The molecule has 3 N–H and O–H groups in total. The molecule has 2 heterocycles. The number of aliphatic carboxylic acids is 1. The highest BCUT2D eigenvalue weighted by Crippen LogP contribution is 2.44. The van der Waals surface area contributed by atoms with Gasteiger partial charge in [0.25, 0.3) is 0 Å². The first kappa shape index (κ1) is 12.9. The second-order valence-corrected chi connectivity index (χ2v) is 5.22. The number of benzene rings is 1. The third-order valence-electron chi connectivity index (χ3n) is 3.97. The smallest absolute Gasteiger partial charge is 0.310 e. The molecule has 0 aromatic heterocycles. The highest BCUT2D eigenvalue weighted by Gasteiger charge is 2.55. The second-order valence-electron chi connectivity index (χ2n) is 5.22. The molecule has 20 heavy (non-hydrogen) atoms. The molecule has 1 aromatic rings. The molecular weight excluding hydrogens is 262 g/mol. The molecule has 0 aliphatic carbocycles. The Morgan fingerprint density at radius 3 is 2.55 bits per heavy atom. The van der Waals surface area contributed by atoms with Gasteiger partial charge in [0.15, 0.2) is 0 Å².